The van der Waals surface area contributed by atoms with Gasteiger partial charge in [-0.3, -0.25) is 14.9 Å². The van der Waals surface area contributed by atoms with Crippen molar-refractivity contribution >= 4 is 55.0 Å². The fourth-order valence-electron chi connectivity index (χ4n) is 4.38. The van der Waals surface area contributed by atoms with Crippen LogP contribution in [-0.4, -0.2) is 27.5 Å². The molecular weight excluding hydrogens is 578 g/mol. The van der Waals surface area contributed by atoms with Crippen LogP contribution in [0.25, 0.3) is 33.2 Å². The molecule has 9 heteroatoms. The van der Waals surface area contributed by atoms with Crippen LogP contribution in [0.3, 0.4) is 0 Å². The highest BCUT2D eigenvalue weighted by Gasteiger charge is 2.28. The van der Waals surface area contributed by atoms with Crippen molar-refractivity contribution in [3.05, 3.63) is 105 Å². The molecule has 0 bridgehead atoms. The van der Waals surface area contributed by atoms with Gasteiger partial charge >= 0.3 is 5.97 Å². The van der Waals surface area contributed by atoms with E-state index in [1.807, 2.05) is 72.1 Å². The summed E-state index contributed by atoms with van der Waals surface area (Å²) in [5.41, 5.74) is 2.75. The smallest absolute Gasteiger partial charge is 0.356 e. The molecule has 0 saturated heterocycles. The minimum absolute atomic E-state index is 0.0860. The zero-order chi connectivity index (χ0) is 27.5. The van der Waals surface area contributed by atoms with Crippen molar-refractivity contribution in [3.63, 3.8) is 0 Å². The topological polar surface area (TPSA) is 90.3 Å². The lowest BCUT2D eigenvalue weighted by molar-refractivity contribution is -0.124. The molecule has 39 heavy (non-hydrogen) atoms. The third kappa shape index (κ3) is 5.41. The first-order chi connectivity index (χ1) is 18.9. The minimum atomic E-state index is -1.08. The highest BCUT2D eigenvalue weighted by molar-refractivity contribution is 9.10. The Bertz CT molecular complexity index is 1730. The number of hydrogen-bond acceptors (Lipinski definition) is 6. The van der Waals surface area contributed by atoms with Gasteiger partial charge in [-0.25, -0.2) is 9.78 Å². The van der Waals surface area contributed by atoms with E-state index in [1.165, 1.54) is 23.0 Å². The summed E-state index contributed by atoms with van der Waals surface area (Å²) in [5, 5.41) is 6.14. The number of anilines is 1. The number of benzene rings is 3. The van der Waals surface area contributed by atoms with E-state index in [0.717, 1.165) is 21.3 Å². The maximum absolute atomic E-state index is 13.6. The number of rotatable bonds is 7. The Morgan fingerprint density at radius 3 is 2.33 bits per heavy atom. The van der Waals surface area contributed by atoms with Crippen LogP contribution in [0.15, 0.2) is 93.5 Å². The maximum Gasteiger partial charge on any atom is 0.356 e. The molecule has 5 rings (SSSR count). The number of aromatic nitrogens is 2. The van der Waals surface area contributed by atoms with Gasteiger partial charge in [0.25, 0.3) is 11.5 Å². The molecule has 0 aliphatic rings. The van der Waals surface area contributed by atoms with E-state index in [4.69, 9.17) is 4.74 Å². The van der Waals surface area contributed by atoms with Crippen LogP contribution in [0, 0.1) is 0 Å². The maximum atomic E-state index is 13.6. The third-order valence-electron chi connectivity index (χ3n) is 6.35. The van der Waals surface area contributed by atoms with Gasteiger partial charge in [-0.15, -0.1) is 11.3 Å². The second-order valence-corrected chi connectivity index (χ2v) is 10.6. The van der Waals surface area contributed by atoms with Crippen LogP contribution in [0.2, 0.25) is 0 Å². The van der Waals surface area contributed by atoms with Gasteiger partial charge in [-0.1, -0.05) is 83.5 Å². The highest BCUT2D eigenvalue weighted by Crippen LogP contribution is 2.31. The molecule has 5 aromatic rings. The Labute approximate surface area is 237 Å². The summed E-state index contributed by atoms with van der Waals surface area (Å²) in [6.07, 6.45) is -0.840. The van der Waals surface area contributed by atoms with Crippen LogP contribution in [0.1, 0.15) is 23.8 Å². The van der Waals surface area contributed by atoms with Gasteiger partial charge in [-0.2, -0.15) is 0 Å². The Morgan fingerprint density at radius 1 is 0.974 bits per heavy atom. The molecule has 196 valence electrons. The normalized spacial score (nSPS) is 11.8. The second-order valence-electron chi connectivity index (χ2n) is 8.84. The van der Waals surface area contributed by atoms with Gasteiger partial charge in [0.15, 0.2) is 11.2 Å². The van der Waals surface area contributed by atoms with Gasteiger partial charge < -0.3 is 9.30 Å². The van der Waals surface area contributed by atoms with Crippen LogP contribution in [0.4, 0.5) is 5.13 Å². The number of nitrogens with one attached hydrogen (secondary N) is 1. The summed E-state index contributed by atoms with van der Waals surface area (Å²) in [6, 6.07) is 24.2. The molecule has 3 aromatic carbocycles. The van der Waals surface area contributed by atoms with Crippen LogP contribution in [0.5, 0.6) is 0 Å². The Hall–Kier alpha value is -4.08. The number of esters is 1. The van der Waals surface area contributed by atoms with Crippen LogP contribution >= 0.6 is 27.3 Å². The standard InChI is InChI=1S/C30H24BrN3O4S/c1-3-24(27(35)33-30-32-23(17-39-30)18-13-15-20(31)16-14-18)38-29(37)26-25(19-9-5-4-6-10-19)21-11-7-8-12-22(21)28(36)34(26)2/h4-17,24H,3H2,1-2H3,(H,32,33,35). The SMILES string of the molecule is CCC(OC(=O)c1c(-c2ccccc2)c2ccccc2c(=O)n1C)C(=O)Nc1nc(-c2ccc(Br)cc2)cs1. The number of amides is 1. The highest BCUT2D eigenvalue weighted by atomic mass is 79.9. The number of hydrogen-bond donors (Lipinski definition) is 1. The molecule has 1 amide bonds. The molecule has 0 aliphatic heterocycles. The zero-order valence-corrected chi connectivity index (χ0v) is 23.6. The van der Waals surface area contributed by atoms with Gasteiger partial charge in [0, 0.05) is 33.4 Å². The summed E-state index contributed by atoms with van der Waals surface area (Å²) < 4.78 is 7.99. The number of nitrogens with zero attached hydrogens (tertiary/aromatic N) is 2. The quantitative estimate of drug-likeness (QED) is 0.210. The molecule has 1 atom stereocenters. The van der Waals surface area contributed by atoms with Crippen molar-refractivity contribution < 1.29 is 14.3 Å². The van der Waals surface area contributed by atoms with E-state index in [1.54, 1.807) is 19.1 Å². The molecule has 1 N–H and O–H groups in total. The lowest BCUT2D eigenvalue weighted by Gasteiger charge is -2.20. The monoisotopic (exact) mass is 601 g/mol. The van der Waals surface area contributed by atoms with E-state index in [9.17, 15) is 14.4 Å². The molecule has 0 aliphatic carbocycles. The van der Waals surface area contributed by atoms with Gasteiger partial charge in [0.05, 0.1) is 5.69 Å². The Kier molecular flexibility index (Phi) is 7.72. The molecular formula is C30H24BrN3O4S. The lowest BCUT2D eigenvalue weighted by atomic mass is 9.97. The van der Waals surface area contributed by atoms with Crippen molar-refractivity contribution in [2.24, 2.45) is 7.05 Å². The number of carbonyl (C=O) groups excluding carboxylic acids is 2. The summed E-state index contributed by atoms with van der Waals surface area (Å²) >= 11 is 4.70. The number of ether oxygens (including phenoxy) is 1. The summed E-state index contributed by atoms with van der Waals surface area (Å²) in [6.45, 7) is 1.75. The molecule has 1 unspecified atom stereocenters. The largest absolute Gasteiger partial charge is 0.448 e. The summed E-state index contributed by atoms with van der Waals surface area (Å²) in [4.78, 5) is 44.4. The van der Waals surface area contributed by atoms with Crippen molar-refractivity contribution in [2.75, 3.05) is 5.32 Å². The van der Waals surface area contributed by atoms with Crippen molar-refractivity contribution in [1.82, 2.24) is 9.55 Å². The van der Waals surface area contributed by atoms with Crippen molar-refractivity contribution in [1.29, 1.82) is 0 Å². The zero-order valence-electron chi connectivity index (χ0n) is 21.2. The molecule has 7 nitrogen and oxygen atoms in total. The molecule has 0 radical (unpaired) electrons. The van der Waals surface area contributed by atoms with Gasteiger partial charge in [0.2, 0.25) is 0 Å². The number of halogens is 1. The Morgan fingerprint density at radius 2 is 1.64 bits per heavy atom. The van der Waals surface area contributed by atoms with E-state index >= 15 is 0 Å². The molecule has 0 fully saturated rings. The predicted molar refractivity (Wildman–Crippen MR) is 158 cm³/mol. The first-order valence-corrected chi connectivity index (χ1v) is 13.9. The summed E-state index contributed by atoms with van der Waals surface area (Å²) in [5.74, 6) is -1.24. The molecule has 2 aromatic heterocycles. The van der Waals surface area contributed by atoms with Crippen LogP contribution in [-0.2, 0) is 16.6 Å². The second kappa shape index (κ2) is 11.3. The van der Waals surface area contributed by atoms with Crippen molar-refractivity contribution in [3.8, 4) is 22.4 Å². The van der Waals surface area contributed by atoms with Gasteiger partial charge in [-0.05, 0) is 35.6 Å². The van der Waals surface area contributed by atoms with Gasteiger partial charge in [0.1, 0.15) is 5.69 Å². The van der Waals surface area contributed by atoms with E-state index < -0.39 is 18.0 Å². The van der Waals surface area contributed by atoms with E-state index in [0.29, 0.717) is 21.5 Å². The average Bonchev–Trinajstić information content (AvgIpc) is 3.42. The molecule has 2 heterocycles. The average molecular weight is 603 g/mol. The fraction of sp³-hybridized carbons (Fsp3) is 0.133. The van der Waals surface area contributed by atoms with E-state index in [-0.39, 0.29) is 17.7 Å². The first kappa shape index (κ1) is 26.5. The Balaban J connectivity index is 1.44. The molecule has 0 spiro atoms. The molecule has 0 saturated carbocycles. The minimum Gasteiger partial charge on any atom is -0.448 e. The fourth-order valence-corrected chi connectivity index (χ4v) is 5.37. The van der Waals surface area contributed by atoms with Crippen LogP contribution < -0.4 is 10.9 Å². The van der Waals surface area contributed by atoms with Crippen molar-refractivity contribution in [2.45, 2.75) is 19.4 Å². The summed E-state index contributed by atoms with van der Waals surface area (Å²) in [7, 11) is 1.54. The lowest BCUT2D eigenvalue weighted by Crippen LogP contribution is -2.34. The third-order valence-corrected chi connectivity index (χ3v) is 7.63. The first-order valence-electron chi connectivity index (χ1n) is 12.3. The number of fused-ring (bicyclic) bond motifs is 1. The number of pyridine rings is 1. The number of thiazole rings is 1. The van der Waals surface area contributed by atoms with E-state index in [2.05, 4.69) is 26.2 Å². The predicted octanol–water partition coefficient (Wildman–Crippen LogP) is 6.67. The number of carbonyl (C=O) groups is 2.